The van der Waals surface area contributed by atoms with Crippen molar-refractivity contribution in [2.24, 2.45) is 0 Å². The van der Waals surface area contributed by atoms with E-state index in [0.717, 1.165) is 30.1 Å². The van der Waals surface area contributed by atoms with Gasteiger partial charge in [-0.2, -0.15) is 5.10 Å². The largest absolute Gasteiger partial charge is 0.468 e. The molecular formula is C18H26N4O3. The number of carbonyl (C=O) groups excluding carboxylic acids is 1. The van der Waals surface area contributed by atoms with Crippen LogP contribution in [0.2, 0.25) is 0 Å². The minimum absolute atomic E-state index is 0.269. The van der Waals surface area contributed by atoms with Crippen LogP contribution in [0.1, 0.15) is 37.8 Å². The second-order valence-electron chi connectivity index (χ2n) is 7.49. The third kappa shape index (κ3) is 4.42. The fourth-order valence-corrected chi connectivity index (χ4v) is 2.93. The third-order valence-electron chi connectivity index (χ3n) is 4.06. The fourth-order valence-electron chi connectivity index (χ4n) is 2.93. The second-order valence-corrected chi connectivity index (χ2v) is 7.49. The van der Waals surface area contributed by atoms with E-state index >= 15 is 0 Å². The highest BCUT2D eigenvalue weighted by atomic mass is 16.6. The van der Waals surface area contributed by atoms with Gasteiger partial charge in [-0.05, 0) is 40.0 Å². The summed E-state index contributed by atoms with van der Waals surface area (Å²) >= 11 is 0. The smallest absolute Gasteiger partial charge is 0.410 e. The molecule has 0 spiro atoms. The Kier molecular flexibility index (Phi) is 4.85. The molecule has 0 aliphatic carbocycles. The van der Waals surface area contributed by atoms with E-state index in [4.69, 9.17) is 9.15 Å². The van der Waals surface area contributed by atoms with Crippen molar-refractivity contribution >= 4 is 6.09 Å². The minimum atomic E-state index is -0.485. The van der Waals surface area contributed by atoms with E-state index in [1.165, 1.54) is 0 Å². The molecule has 0 unspecified atom stereocenters. The summed E-state index contributed by atoms with van der Waals surface area (Å²) in [5.41, 5.74) is 1.71. The molecule has 3 rings (SSSR count). The van der Waals surface area contributed by atoms with Gasteiger partial charge in [0.05, 0.1) is 37.8 Å². The van der Waals surface area contributed by atoms with Crippen LogP contribution >= 0.6 is 0 Å². The lowest BCUT2D eigenvalue weighted by atomic mass is 10.2. The highest BCUT2D eigenvalue weighted by Crippen LogP contribution is 2.20. The normalized spacial score (nSPS) is 14.7. The number of hydrogen-bond acceptors (Lipinski definition) is 5. The van der Waals surface area contributed by atoms with Crippen LogP contribution < -0.4 is 0 Å². The fraction of sp³-hybridized carbons (Fsp3) is 0.556. The zero-order chi connectivity index (χ0) is 18.0. The Balaban J connectivity index is 1.65. The van der Waals surface area contributed by atoms with Gasteiger partial charge in [-0.3, -0.25) is 9.58 Å². The molecule has 0 aromatic carbocycles. The van der Waals surface area contributed by atoms with E-state index in [1.54, 1.807) is 11.2 Å². The monoisotopic (exact) mass is 346 g/mol. The minimum Gasteiger partial charge on any atom is -0.468 e. The number of carbonyl (C=O) groups is 1. The quantitative estimate of drug-likeness (QED) is 0.852. The standard InChI is InChI=1S/C18H26N4O3/c1-18(2,3)25-17(23)21-7-8-22-16(13-21)14(10-19-22)11-20(4)12-15-6-5-9-24-15/h5-6,9-10H,7-8,11-13H2,1-4H3. The van der Waals surface area contributed by atoms with Gasteiger partial charge in [0.1, 0.15) is 11.4 Å². The van der Waals surface area contributed by atoms with Crippen LogP contribution in [0, 0.1) is 0 Å². The molecule has 0 atom stereocenters. The first-order valence-electron chi connectivity index (χ1n) is 8.54. The van der Waals surface area contributed by atoms with Gasteiger partial charge in [0, 0.05) is 18.7 Å². The lowest BCUT2D eigenvalue weighted by molar-refractivity contribution is 0.0193. The average Bonchev–Trinajstić information content (AvgIpc) is 3.15. The number of nitrogens with zero attached hydrogens (tertiary/aromatic N) is 4. The molecule has 2 aromatic rings. The van der Waals surface area contributed by atoms with E-state index in [-0.39, 0.29) is 6.09 Å². The van der Waals surface area contributed by atoms with Gasteiger partial charge in [-0.1, -0.05) is 0 Å². The Morgan fingerprint density at radius 1 is 1.36 bits per heavy atom. The predicted octanol–water partition coefficient (Wildman–Crippen LogP) is 2.86. The molecular weight excluding hydrogens is 320 g/mol. The highest BCUT2D eigenvalue weighted by Gasteiger charge is 2.27. The summed E-state index contributed by atoms with van der Waals surface area (Å²) < 4.78 is 12.9. The molecule has 1 aliphatic heterocycles. The molecule has 0 bridgehead atoms. The Morgan fingerprint density at radius 3 is 2.84 bits per heavy atom. The maximum atomic E-state index is 12.3. The maximum Gasteiger partial charge on any atom is 0.410 e. The van der Waals surface area contributed by atoms with Crippen molar-refractivity contribution in [2.75, 3.05) is 13.6 Å². The number of ether oxygens (including phenoxy) is 1. The number of aromatic nitrogens is 2. The Bertz CT molecular complexity index is 715. The molecule has 7 heteroatoms. The average molecular weight is 346 g/mol. The lowest BCUT2D eigenvalue weighted by Crippen LogP contribution is -2.42. The van der Waals surface area contributed by atoms with Crippen molar-refractivity contribution in [1.82, 2.24) is 19.6 Å². The second kappa shape index (κ2) is 6.92. The number of rotatable bonds is 4. The summed E-state index contributed by atoms with van der Waals surface area (Å²) in [7, 11) is 2.04. The predicted molar refractivity (Wildman–Crippen MR) is 92.8 cm³/mol. The molecule has 0 fully saturated rings. The first-order chi connectivity index (χ1) is 11.8. The molecule has 1 aliphatic rings. The number of amides is 1. The van der Waals surface area contributed by atoms with Crippen LogP contribution in [0.15, 0.2) is 29.0 Å². The van der Waals surface area contributed by atoms with Crippen LogP contribution in [0.25, 0.3) is 0 Å². The van der Waals surface area contributed by atoms with E-state index < -0.39 is 5.60 Å². The molecule has 1 amide bonds. The Labute approximate surface area is 148 Å². The summed E-state index contributed by atoms with van der Waals surface area (Å²) in [5, 5.41) is 4.46. The molecule has 2 aromatic heterocycles. The van der Waals surface area contributed by atoms with Crippen LogP contribution in [0.5, 0.6) is 0 Å². The third-order valence-corrected chi connectivity index (χ3v) is 4.06. The van der Waals surface area contributed by atoms with Gasteiger partial charge in [-0.25, -0.2) is 4.79 Å². The van der Waals surface area contributed by atoms with Crippen molar-refractivity contribution in [3.8, 4) is 0 Å². The molecule has 0 saturated carbocycles. The van der Waals surface area contributed by atoms with Crippen LogP contribution in [0.3, 0.4) is 0 Å². The van der Waals surface area contributed by atoms with Crippen LogP contribution in [-0.2, 0) is 30.9 Å². The van der Waals surface area contributed by atoms with Gasteiger partial charge in [0.2, 0.25) is 0 Å². The van der Waals surface area contributed by atoms with Crippen molar-refractivity contribution < 1.29 is 13.9 Å². The zero-order valence-electron chi connectivity index (χ0n) is 15.4. The van der Waals surface area contributed by atoms with E-state index in [2.05, 4.69) is 10.00 Å². The first kappa shape index (κ1) is 17.5. The summed E-state index contributed by atoms with van der Waals surface area (Å²) in [5.74, 6) is 0.930. The number of hydrogen-bond donors (Lipinski definition) is 0. The molecule has 25 heavy (non-hydrogen) atoms. The van der Waals surface area contributed by atoms with Gasteiger partial charge in [0.25, 0.3) is 0 Å². The van der Waals surface area contributed by atoms with Crippen molar-refractivity contribution in [2.45, 2.75) is 52.6 Å². The topological polar surface area (TPSA) is 63.7 Å². The first-order valence-corrected chi connectivity index (χ1v) is 8.54. The van der Waals surface area contributed by atoms with Gasteiger partial charge in [0.15, 0.2) is 0 Å². The zero-order valence-corrected chi connectivity index (χ0v) is 15.4. The van der Waals surface area contributed by atoms with Crippen molar-refractivity contribution in [3.05, 3.63) is 41.6 Å². The van der Waals surface area contributed by atoms with Gasteiger partial charge < -0.3 is 14.1 Å². The Hall–Kier alpha value is -2.28. The maximum absolute atomic E-state index is 12.3. The van der Waals surface area contributed by atoms with Crippen molar-refractivity contribution in [3.63, 3.8) is 0 Å². The summed E-state index contributed by atoms with van der Waals surface area (Å²) in [6, 6.07) is 3.86. The molecule has 7 nitrogen and oxygen atoms in total. The van der Waals surface area contributed by atoms with Crippen molar-refractivity contribution in [1.29, 1.82) is 0 Å². The highest BCUT2D eigenvalue weighted by molar-refractivity contribution is 5.68. The molecule has 3 heterocycles. The molecule has 0 radical (unpaired) electrons. The SMILES string of the molecule is CN(Cc1ccco1)Cc1cnn2c1CN(C(=O)OC(C)(C)C)CC2. The van der Waals surface area contributed by atoms with E-state index in [0.29, 0.717) is 19.6 Å². The summed E-state index contributed by atoms with van der Waals surface area (Å²) in [6.45, 7) is 8.96. The molecule has 0 saturated heterocycles. The summed E-state index contributed by atoms with van der Waals surface area (Å²) in [6.07, 6.45) is 3.31. The summed E-state index contributed by atoms with van der Waals surface area (Å²) in [4.78, 5) is 16.3. The van der Waals surface area contributed by atoms with E-state index in [9.17, 15) is 4.79 Å². The molecule has 136 valence electrons. The molecule has 0 N–H and O–H groups in total. The van der Waals surface area contributed by atoms with Gasteiger partial charge >= 0.3 is 6.09 Å². The number of fused-ring (bicyclic) bond motifs is 1. The number of furan rings is 1. The van der Waals surface area contributed by atoms with Crippen LogP contribution in [0.4, 0.5) is 4.79 Å². The Morgan fingerprint density at radius 2 is 2.16 bits per heavy atom. The van der Waals surface area contributed by atoms with Crippen LogP contribution in [-0.4, -0.2) is 44.9 Å². The van der Waals surface area contributed by atoms with Gasteiger partial charge in [-0.15, -0.1) is 0 Å². The van der Waals surface area contributed by atoms with E-state index in [1.807, 2.05) is 50.8 Å². The lowest BCUT2D eigenvalue weighted by Gasteiger charge is -2.31.